The molecule has 0 amide bonds. The first-order valence-electron chi connectivity index (χ1n) is 11.3. The molecule has 0 aliphatic heterocycles. The molecule has 184 valence electrons. The van der Waals surface area contributed by atoms with Gasteiger partial charge in [0.2, 0.25) is 5.95 Å². The molecule has 10 heteroatoms. The van der Waals surface area contributed by atoms with Crippen LogP contribution in [0.15, 0.2) is 73.5 Å². The smallest absolute Gasteiger partial charge is 0.330 e. The number of benzene rings is 2. The lowest BCUT2D eigenvalue weighted by Crippen LogP contribution is -2.12. The summed E-state index contributed by atoms with van der Waals surface area (Å²) in [7, 11) is 0. The number of ether oxygens (including phenoxy) is 1. The van der Waals surface area contributed by atoms with Crippen LogP contribution in [0.2, 0.25) is 5.02 Å². The minimum Gasteiger partial charge on any atom is -0.463 e. The molecule has 36 heavy (non-hydrogen) atoms. The molecule has 2 heterocycles. The van der Waals surface area contributed by atoms with Crippen LogP contribution in [0.1, 0.15) is 12.5 Å². The number of carbonyl (C=O) groups is 1. The predicted molar refractivity (Wildman–Crippen MR) is 139 cm³/mol. The first kappa shape index (κ1) is 24.9. The molecule has 0 atom stereocenters. The van der Waals surface area contributed by atoms with Crippen molar-refractivity contribution in [1.82, 2.24) is 19.5 Å². The Morgan fingerprint density at radius 1 is 1.25 bits per heavy atom. The second-order valence-electron chi connectivity index (χ2n) is 7.65. The van der Waals surface area contributed by atoms with E-state index in [0.717, 1.165) is 16.7 Å². The topological polar surface area (TPSA) is 94.0 Å². The Hall–Kier alpha value is -4.24. The number of carbonyl (C=O) groups excluding carboxylic acids is 1. The zero-order valence-electron chi connectivity index (χ0n) is 19.5. The maximum absolute atomic E-state index is 13.5. The maximum atomic E-state index is 13.5. The first-order valence-corrected chi connectivity index (χ1v) is 11.6. The van der Waals surface area contributed by atoms with Crippen molar-refractivity contribution in [3.05, 3.63) is 89.9 Å². The monoisotopic (exact) mass is 506 g/mol. The molecule has 0 aliphatic rings. The fourth-order valence-corrected chi connectivity index (χ4v) is 3.56. The third kappa shape index (κ3) is 6.67. The first-order chi connectivity index (χ1) is 17.5. The lowest BCUT2D eigenvalue weighted by Gasteiger charge is -2.14. The summed E-state index contributed by atoms with van der Waals surface area (Å²) in [6.07, 6.45) is 10.1. The third-order valence-corrected chi connectivity index (χ3v) is 5.37. The van der Waals surface area contributed by atoms with Crippen LogP contribution in [-0.4, -0.2) is 38.6 Å². The van der Waals surface area contributed by atoms with Crippen LogP contribution in [0.25, 0.3) is 17.2 Å². The van der Waals surface area contributed by atoms with Crippen LogP contribution >= 0.6 is 11.6 Å². The Balaban J connectivity index is 1.61. The molecule has 0 spiro atoms. The van der Waals surface area contributed by atoms with Crippen molar-refractivity contribution in [2.24, 2.45) is 0 Å². The van der Waals surface area contributed by atoms with Gasteiger partial charge in [-0.3, -0.25) is 0 Å². The van der Waals surface area contributed by atoms with Crippen LogP contribution in [-0.2, 0) is 16.1 Å². The summed E-state index contributed by atoms with van der Waals surface area (Å²) in [4.78, 5) is 24.8. The maximum Gasteiger partial charge on any atom is 0.330 e. The lowest BCUT2D eigenvalue weighted by atomic mass is 10.0. The highest BCUT2D eigenvalue weighted by Gasteiger charge is 2.11. The second kappa shape index (κ2) is 11.9. The van der Waals surface area contributed by atoms with Gasteiger partial charge in [0.25, 0.3) is 0 Å². The zero-order valence-corrected chi connectivity index (χ0v) is 20.2. The van der Waals surface area contributed by atoms with Gasteiger partial charge < -0.3 is 19.9 Å². The molecule has 8 nitrogen and oxygen atoms in total. The summed E-state index contributed by atoms with van der Waals surface area (Å²) in [6, 6.07) is 12.0. The van der Waals surface area contributed by atoms with Gasteiger partial charge in [-0.05, 0) is 48.4 Å². The average molecular weight is 507 g/mol. The molecule has 0 unspecified atom stereocenters. The molecular weight excluding hydrogens is 483 g/mol. The van der Waals surface area contributed by atoms with Gasteiger partial charge in [-0.15, -0.1) is 0 Å². The number of rotatable bonds is 10. The molecule has 2 N–H and O–H groups in total. The molecule has 0 saturated heterocycles. The van der Waals surface area contributed by atoms with Crippen molar-refractivity contribution in [3.63, 3.8) is 0 Å². The van der Waals surface area contributed by atoms with Crippen LogP contribution < -0.4 is 10.6 Å². The SMILES string of the molecule is CCOC(=O)/C=C/c1cccc(-c2cnc(Nc3ccc(F)c(Cl)c3)nc2NCCn2ccnc2)c1. The Kier molecular flexibility index (Phi) is 8.25. The third-order valence-electron chi connectivity index (χ3n) is 5.08. The average Bonchev–Trinajstić information content (AvgIpc) is 3.39. The van der Waals surface area contributed by atoms with Gasteiger partial charge >= 0.3 is 5.97 Å². The van der Waals surface area contributed by atoms with E-state index < -0.39 is 11.8 Å². The van der Waals surface area contributed by atoms with Crippen LogP contribution in [0.5, 0.6) is 0 Å². The van der Waals surface area contributed by atoms with Crippen molar-refractivity contribution in [3.8, 4) is 11.1 Å². The minimum atomic E-state index is -0.503. The van der Waals surface area contributed by atoms with Crippen molar-refractivity contribution >= 4 is 41.1 Å². The van der Waals surface area contributed by atoms with E-state index in [4.69, 9.17) is 16.3 Å². The number of halogens is 2. The fraction of sp³-hybridized carbons (Fsp3) is 0.154. The standard InChI is InChI=1S/C26H24ClFN6O2/c1-2-36-24(35)9-6-18-4-3-5-19(14-18)21-16-31-26(32-20-7-8-23(28)22(27)15-20)33-25(21)30-11-13-34-12-10-29-17-34/h3-10,12,14-17H,2,11,13H2,1H3,(H2,30,31,32,33)/b9-6+. The second-order valence-corrected chi connectivity index (χ2v) is 8.06. The molecule has 4 aromatic rings. The number of hydrogen-bond acceptors (Lipinski definition) is 7. The van der Waals surface area contributed by atoms with E-state index in [1.807, 2.05) is 35.0 Å². The van der Waals surface area contributed by atoms with Crippen molar-refractivity contribution in [1.29, 1.82) is 0 Å². The van der Waals surface area contributed by atoms with E-state index in [-0.39, 0.29) is 5.02 Å². The molecule has 0 radical (unpaired) electrons. The molecule has 4 rings (SSSR count). The van der Waals surface area contributed by atoms with Gasteiger partial charge in [-0.1, -0.05) is 29.8 Å². The van der Waals surface area contributed by atoms with E-state index in [1.54, 1.807) is 37.8 Å². The quantitative estimate of drug-likeness (QED) is 0.215. The van der Waals surface area contributed by atoms with E-state index in [9.17, 15) is 9.18 Å². The number of nitrogens with one attached hydrogen (secondary N) is 2. The van der Waals surface area contributed by atoms with E-state index in [1.165, 1.54) is 18.2 Å². The molecule has 0 saturated carbocycles. The number of hydrogen-bond donors (Lipinski definition) is 2. The number of aromatic nitrogens is 4. The van der Waals surface area contributed by atoms with E-state index in [2.05, 4.69) is 25.6 Å². The summed E-state index contributed by atoms with van der Waals surface area (Å²) in [5.74, 6) is 0.0268. The molecule has 2 aromatic carbocycles. The van der Waals surface area contributed by atoms with Gasteiger partial charge in [-0.25, -0.2) is 19.2 Å². The van der Waals surface area contributed by atoms with Crippen molar-refractivity contribution in [2.75, 3.05) is 23.8 Å². The molecule has 0 bridgehead atoms. The summed E-state index contributed by atoms with van der Waals surface area (Å²) in [5, 5.41) is 6.43. The highest BCUT2D eigenvalue weighted by atomic mass is 35.5. The van der Waals surface area contributed by atoms with Crippen molar-refractivity contribution in [2.45, 2.75) is 13.5 Å². The number of imidazole rings is 1. The van der Waals surface area contributed by atoms with Crippen LogP contribution in [0.4, 0.5) is 21.8 Å². The highest BCUT2D eigenvalue weighted by molar-refractivity contribution is 6.31. The van der Waals surface area contributed by atoms with E-state index in [0.29, 0.717) is 37.1 Å². The fourth-order valence-electron chi connectivity index (χ4n) is 3.38. The summed E-state index contributed by atoms with van der Waals surface area (Å²) in [5.41, 5.74) is 3.02. The number of nitrogens with zero attached hydrogens (tertiary/aromatic N) is 4. The van der Waals surface area contributed by atoms with Crippen LogP contribution in [0, 0.1) is 5.82 Å². The Morgan fingerprint density at radius 3 is 2.92 bits per heavy atom. The molecule has 2 aromatic heterocycles. The van der Waals surface area contributed by atoms with Crippen LogP contribution in [0.3, 0.4) is 0 Å². The Labute approximate surface area is 212 Å². The van der Waals surface area contributed by atoms with Gasteiger partial charge in [0.1, 0.15) is 11.6 Å². The largest absolute Gasteiger partial charge is 0.463 e. The van der Waals surface area contributed by atoms with Crippen molar-refractivity contribution < 1.29 is 13.9 Å². The number of esters is 1. The van der Waals surface area contributed by atoms with Gasteiger partial charge in [0, 0.05) is 49.0 Å². The minimum absolute atomic E-state index is 0.00277. The van der Waals surface area contributed by atoms with Gasteiger partial charge in [0.15, 0.2) is 0 Å². The summed E-state index contributed by atoms with van der Waals surface area (Å²) in [6.45, 7) is 3.35. The Morgan fingerprint density at radius 2 is 2.14 bits per heavy atom. The normalized spacial score (nSPS) is 11.0. The predicted octanol–water partition coefficient (Wildman–Crippen LogP) is 5.56. The molecule has 0 aliphatic carbocycles. The lowest BCUT2D eigenvalue weighted by molar-refractivity contribution is -0.137. The zero-order chi connectivity index (χ0) is 25.3. The summed E-state index contributed by atoms with van der Waals surface area (Å²) < 4.78 is 20.4. The van der Waals surface area contributed by atoms with E-state index >= 15 is 0 Å². The van der Waals surface area contributed by atoms with Gasteiger partial charge in [0.05, 0.1) is 18.0 Å². The highest BCUT2D eigenvalue weighted by Crippen LogP contribution is 2.29. The van der Waals surface area contributed by atoms with Gasteiger partial charge in [-0.2, -0.15) is 4.98 Å². The summed E-state index contributed by atoms with van der Waals surface area (Å²) >= 11 is 5.90. The number of anilines is 3. The Bertz CT molecular complexity index is 1360. The molecular formula is C26H24ClFN6O2. The molecule has 0 fully saturated rings.